The molecule has 0 saturated carbocycles. The van der Waals surface area contributed by atoms with Gasteiger partial charge in [0, 0.05) is 14.7 Å². The molecular formula is C6HN11O4. The highest BCUT2D eigenvalue weighted by Gasteiger charge is 2.31. The number of hydrogen-bond acceptors (Lipinski definition) is 7. The summed E-state index contributed by atoms with van der Waals surface area (Å²) < 4.78 is 0. The lowest BCUT2D eigenvalue weighted by Gasteiger charge is -2.04. The van der Waals surface area contributed by atoms with Crippen molar-refractivity contribution in [2.45, 2.75) is 0 Å². The predicted octanol–water partition coefficient (Wildman–Crippen LogP) is 4.33. The highest BCUT2D eigenvalue weighted by Crippen LogP contribution is 2.49. The fourth-order valence-corrected chi connectivity index (χ4v) is 1.37. The van der Waals surface area contributed by atoms with Crippen LogP contribution in [0.15, 0.2) is 21.4 Å². The first kappa shape index (κ1) is 15.0. The summed E-state index contributed by atoms with van der Waals surface area (Å²) in [5.41, 5.74) is 20.5. The van der Waals surface area contributed by atoms with Gasteiger partial charge in [0.05, 0.1) is 9.85 Å². The van der Waals surface area contributed by atoms with E-state index in [-0.39, 0.29) is 0 Å². The molecule has 0 aliphatic rings. The van der Waals surface area contributed by atoms with Gasteiger partial charge in [0.25, 0.3) is 11.4 Å². The lowest BCUT2D eigenvalue weighted by molar-refractivity contribution is -0.391. The molecule has 1 aromatic carbocycles. The van der Waals surface area contributed by atoms with E-state index < -0.39 is 38.3 Å². The van der Waals surface area contributed by atoms with E-state index in [1.807, 2.05) is 0 Å². The van der Waals surface area contributed by atoms with E-state index in [0.29, 0.717) is 6.07 Å². The van der Waals surface area contributed by atoms with Crippen molar-refractivity contribution in [3.05, 3.63) is 57.6 Å². The second-order valence-electron chi connectivity index (χ2n) is 3.04. The van der Waals surface area contributed by atoms with Crippen molar-refractivity contribution in [3.8, 4) is 0 Å². The minimum Gasteiger partial charge on any atom is -0.258 e. The van der Waals surface area contributed by atoms with E-state index in [2.05, 4.69) is 30.1 Å². The lowest BCUT2D eigenvalue weighted by Crippen LogP contribution is -1.95. The molecule has 104 valence electrons. The molecule has 0 heterocycles. The van der Waals surface area contributed by atoms with Crippen molar-refractivity contribution >= 4 is 28.4 Å². The van der Waals surface area contributed by atoms with Crippen LogP contribution in [0.1, 0.15) is 0 Å². The van der Waals surface area contributed by atoms with Crippen LogP contribution in [0.2, 0.25) is 0 Å². The zero-order valence-electron chi connectivity index (χ0n) is 9.63. The van der Waals surface area contributed by atoms with E-state index in [1.165, 1.54) is 0 Å². The second kappa shape index (κ2) is 6.21. The van der Waals surface area contributed by atoms with Crippen molar-refractivity contribution in [1.29, 1.82) is 0 Å². The maximum absolute atomic E-state index is 10.9. The fourth-order valence-electron chi connectivity index (χ4n) is 1.37. The van der Waals surface area contributed by atoms with E-state index >= 15 is 0 Å². The van der Waals surface area contributed by atoms with Crippen LogP contribution < -0.4 is 0 Å². The molecule has 0 bridgehead atoms. The molecule has 0 radical (unpaired) electrons. The highest BCUT2D eigenvalue weighted by molar-refractivity contribution is 5.87. The maximum atomic E-state index is 10.9. The predicted molar refractivity (Wildman–Crippen MR) is 66.2 cm³/mol. The largest absolute Gasteiger partial charge is 0.295 e. The Morgan fingerprint density at radius 3 is 1.52 bits per heavy atom. The molecule has 15 heteroatoms. The minimum absolute atomic E-state index is 0.645. The Balaban J connectivity index is 4.11. The van der Waals surface area contributed by atoms with Crippen LogP contribution in [0, 0.1) is 20.2 Å². The molecule has 0 atom stereocenters. The summed E-state index contributed by atoms with van der Waals surface area (Å²) in [7, 11) is 0. The van der Waals surface area contributed by atoms with Crippen molar-refractivity contribution in [3.63, 3.8) is 0 Å². The molecule has 0 saturated heterocycles. The topological polar surface area (TPSA) is 233 Å². The van der Waals surface area contributed by atoms with Gasteiger partial charge in [0.1, 0.15) is 11.4 Å². The molecule has 0 spiro atoms. The average Bonchev–Trinajstić information content (AvgIpc) is 2.38. The van der Waals surface area contributed by atoms with Gasteiger partial charge in [-0.1, -0.05) is 10.2 Å². The SMILES string of the molecule is [N-]=[N+]=Nc1cc(N=[N+]=[N-])c([N+](=O)[O-])c(N=[N+]=[N-])c1[N+](=O)[O-]. The zero-order chi connectivity index (χ0) is 16.0. The summed E-state index contributed by atoms with van der Waals surface area (Å²) in [5, 5.41) is 30.7. The van der Waals surface area contributed by atoms with Gasteiger partial charge in [-0.25, -0.2) is 0 Å². The van der Waals surface area contributed by atoms with Crippen LogP contribution in [0.5, 0.6) is 0 Å². The number of nitro benzene ring substituents is 2. The Labute approximate surface area is 112 Å². The van der Waals surface area contributed by atoms with E-state index in [1.54, 1.807) is 0 Å². The molecule has 15 nitrogen and oxygen atoms in total. The number of nitro groups is 2. The zero-order valence-corrected chi connectivity index (χ0v) is 9.63. The lowest BCUT2D eigenvalue weighted by atomic mass is 10.1. The number of azide groups is 3. The molecule has 0 N–H and O–H groups in total. The van der Waals surface area contributed by atoms with Gasteiger partial charge in [-0.2, -0.15) is 0 Å². The number of benzene rings is 1. The quantitative estimate of drug-likeness (QED) is 0.253. The van der Waals surface area contributed by atoms with Crippen molar-refractivity contribution in [1.82, 2.24) is 0 Å². The maximum Gasteiger partial charge on any atom is 0.295 e. The molecular weight excluding hydrogens is 290 g/mol. The Hall–Kier alpha value is -4.05. The highest BCUT2D eigenvalue weighted by atomic mass is 16.6. The molecule has 21 heavy (non-hydrogen) atoms. The molecule has 0 aromatic heterocycles. The van der Waals surface area contributed by atoms with Crippen LogP contribution in [-0.4, -0.2) is 9.85 Å². The standard InChI is InChI=1S/C6HN11O4/c7-13-10-2-1-3(11-14-8)6(17(20)21)4(12-15-9)5(2)16(18)19/h1H. The summed E-state index contributed by atoms with van der Waals surface area (Å²) in [6.45, 7) is 0. The Bertz CT molecular complexity index is 726. The molecule has 0 fully saturated rings. The van der Waals surface area contributed by atoms with Crippen LogP contribution >= 0.6 is 0 Å². The molecule has 0 amide bonds. The Morgan fingerprint density at radius 1 is 0.857 bits per heavy atom. The van der Waals surface area contributed by atoms with Crippen molar-refractivity contribution in [2.24, 2.45) is 15.3 Å². The van der Waals surface area contributed by atoms with Crippen LogP contribution in [-0.2, 0) is 0 Å². The number of hydrogen-bond donors (Lipinski definition) is 0. The van der Waals surface area contributed by atoms with Crippen LogP contribution in [0.4, 0.5) is 28.4 Å². The van der Waals surface area contributed by atoms with Crippen LogP contribution in [0.3, 0.4) is 0 Å². The molecule has 1 aromatic rings. The molecule has 1 rings (SSSR count). The third kappa shape index (κ3) is 2.86. The van der Waals surface area contributed by atoms with Gasteiger partial charge in [0.2, 0.25) is 0 Å². The summed E-state index contributed by atoms with van der Waals surface area (Å²) in [6, 6.07) is 0.645. The summed E-state index contributed by atoms with van der Waals surface area (Å²) >= 11 is 0. The van der Waals surface area contributed by atoms with Crippen molar-refractivity contribution < 1.29 is 9.85 Å². The van der Waals surface area contributed by atoms with E-state index in [9.17, 15) is 20.2 Å². The van der Waals surface area contributed by atoms with Gasteiger partial charge in [-0.3, -0.25) is 20.2 Å². The van der Waals surface area contributed by atoms with Gasteiger partial charge >= 0.3 is 0 Å². The van der Waals surface area contributed by atoms with Gasteiger partial charge in [-0.05, 0) is 27.8 Å². The van der Waals surface area contributed by atoms with Gasteiger partial charge < -0.3 is 0 Å². The third-order valence-electron chi connectivity index (χ3n) is 2.02. The summed E-state index contributed by atoms with van der Waals surface area (Å²) in [5.74, 6) is 0. The third-order valence-corrected chi connectivity index (χ3v) is 2.02. The molecule has 0 aliphatic carbocycles. The summed E-state index contributed by atoms with van der Waals surface area (Å²) in [6.07, 6.45) is 0. The van der Waals surface area contributed by atoms with Crippen LogP contribution in [0.25, 0.3) is 31.3 Å². The van der Waals surface area contributed by atoms with E-state index in [4.69, 9.17) is 16.6 Å². The van der Waals surface area contributed by atoms with E-state index in [0.717, 1.165) is 0 Å². The average molecular weight is 291 g/mol. The van der Waals surface area contributed by atoms with Gasteiger partial charge in [0.15, 0.2) is 5.69 Å². The monoisotopic (exact) mass is 291 g/mol. The molecule has 0 unspecified atom stereocenters. The molecule has 0 aliphatic heterocycles. The van der Waals surface area contributed by atoms with Crippen molar-refractivity contribution in [2.75, 3.05) is 0 Å². The van der Waals surface area contributed by atoms with Gasteiger partial charge in [-0.15, -0.1) is 0 Å². The first-order valence-corrected chi connectivity index (χ1v) is 4.63. The Morgan fingerprint density at radius 2 is 1.24 bits per heavy atom. The number of nitrogens with zero attached hydrogens (tertiary/aromatic N) is 11. The Kier molecular flexibility index (Phi) is 4.44. The summed E-state index contributed by atoms with van der Waals surface area (Å²) in [4.78, 5) is 26.5. The first-order chi connectivity index (χ1) is 9.97. The first-order valence-electron chi connectivity index (χ1n) is 4.63. The smallest absolute Gasteiger partial charge is 0.258 e. The normalized spacial score (nSPS) is 8.76. The minimum atomic E-state index is -1.12. The number of rotatable bonds is 5. The fraction of sp³-hybridized carbons (Fsp3) is 0. The second-order valence-corrected chi connectivity index (χ2v) is 3.04.